The number of amides is 3. The molecule has 0 aliphatic heterocycles. The van der Waals surface area contributed by atoms with Gasteiger partial charge in [-0.3, -0.25) is 4.79 Å². The van der Waals surface area contributed by atoms with Gasteiger partial charge in [-0.1, -0.05) is 36.7 Å². The number of halogens is 1. The highest BCUT2D eigenvalue weighted by molar-refractivity contribution is 9.10. The van der Waals surface area contributed by atoms with Gasteiger partial charge in [-0.05, 0) is 48.5 Å². The van der Waals surface area contributed by atoms with E-state index < -0.39 is 6.03 Å². The van der Waals surface area contributed by atoms with Gasteiger partial charge in [0, 0.05) is 35.3 Å². The van der Waals surface area contributed by atoms with E-state index in [9.17, 15) is 9.59 Å². The Morgan fingerprint density at radius 2 is 1.69 bits per heavy atom. The van der Waals surface area contributed by atoms with Crippen LogP contribution in [0.2, 0.25) is 0 Å². The minimum absolute atomic E-state index is 0.162. The van der Waals surface area contributed by atoms with E-state index in [0.29, 0.717) is 18.1 Å². The summed E-state index contributed by atoms with van der Waals surface area (Å²) in [7, 11) is 3.15. The van der Waals surface area contributed by atoms with Crippen LogP contribution in [0.3, 0.4) is 0 Å². The number of nitrogens with zero attached hydrogens (tertiary/aromatic N) is 3. The number of methoxy groups -OCH3 is 2. The molecule has 0 aliphatic carbocycles. The van der Waals surface area contributed by atoms with E-state index in [1.54, 1.807) is 31.0 Å². The highest BCUT2D eigenvalue weighted by Gasteiger charge is 2.23. The topological polar surface area (TPSA) is 97.7 Å². The number of hydrogen-bond donors (Lipinski definition) is 2. The second-order valence-corrected chi connectivity index (χ2v) is 10.1. The van der Waals surface area contributed by atoms with Crippen molar-refractivity contribution in [1.29, 1.82) is 0 Å². The average Bonchev–Trinajstić information content (AvgIpc) is 3.27. The Balaban J connectivity index is 1.80. The first kappa shape index (κ1) is 27.2. The Morgan fingerprint density at radius 1 is 1.03 bits per heavy atom. The summed E-state index contributed by atoms with van der Waals surface area (Å²) >= 11 is 3.38. The number of hydrogen-bond acceptors (Lipinski definition) is 5. The molecule has 0 radical (unpaired) electrons. The molecule has 0 atom stereocenters. The van der Waals surface area contributed by atoms with E-state index in [2.05, 4.69) is 47.3 Å². The minimum atomic E-state index is -0.399. The lowest BCUT2D eigenvalue weighted by atomic mass is 9.92. The number of ether oxygens (including phenoxy) is 2. The number of rotatable bonds is 9. The molecule has 36 heavy (non-hydrogen) atoms. The van der Waals surface area contributed by atoms with Crippen molar-refractivity contribution in [3.63, 3.8) is 0 Å². The highest BCUT2D eigenvalue weighted by atomic mass is 79.9. The SMILES string of the molecule is COCCN(CC(=O)Nc1cc(C(C)(C)C)nn1-c1ccc(OC)cc1)C(=O)Nc1ccc(Br)cc1. The number of urea groups is 1. The fourth-order valence-electron chi connectivity index (χ4n) is 3.30. The number of carbonyl (C=O) groups excluding carboxylic acids is 2. The molecule has 3 aromatic rings. The van der Waals surface area contributed by atoms with Gasteiger partial charge in [0.15, 0.2) is 0 Å². The van der Waals surface area contributed by atoms with E-state index >= 15 is 0 Å². The molecule has 0 saturated carbocycles. The van der Waals surface area contributed by atoms with Gasteiger partial charge < -0.3 is 25.0 Å². The van der Waals surface area contributed by atoms with Gasteiger partial charge in [-0.15, -0.1) is 0 Å². The van der Waals surface area contributed by atoms with Gasteiger partial charge in [-0.25, -0.2) is 9.48 Å². The minimum Gasteiger partial charge on any atom is -0.497 e. The van der Waals surface area contributed by atoms with Gasteiger partial charge in [0.1, 0.15) is 18.1 Å². The van der Waals surface area contributed by atoms with Crippen LogP contribution in [0.1, 0.15) is 26.5 Å². The van der Waals surface area contributed by atoms with Gasteiger partial charge in [0.25, 0.3) is 0 Å². The summed E-state index contributed by atoms with van der Waals surface area (Å²) in [5.74, 6) is 0.875. The molecule has 0 fully saturated rings. The van der Waals surface area contributed by atoms with Crippen molar-refractivity contribution in [3.8, 4) is 11.4 Å². The average molecular weight is 558 g/mol. The molecule has 1 aromatic heterocycles. The first-order valence-electron chi connectivity index (χ1n) is 11.5. The van der Waals surface area contributed by atoms with Crippen molar-refractivity contribution >= 4 is 39.4 Å². The van der Waals surface area contributed by atoms with Crippen molar-refractivity contribution < 1.29 is 19.1 Å². The second kappa shape index (κ2) is 12.0. The van der Waals surface area contributed by atoms with E-state index in [1.165, 1.54) is 4.90 Å². The third-order valence-corrected chi connectivity index (χ3v) is 5.87. The van der Waals surface area contributed by atoms with Crippen LogP contribution in [-0.2, 0) is 14.9 Å². The zero-order valence-corrected chi connectivity index (χ0v) is 22.8. The smallest absolute Gasteiger partial charge is 0.322 e. The van der Waals surface area contributed by atoms with Gasteiger partial charge >= 0.3 is 6.03 Å². The maximum Gasteiger partial charge on any atom is 0.322 e. The van der Waals surface area contributed by atoms with Crippen LogP contribution < -0.4 is 15.4 Å². The number of aromatic nitrogens is 2. The molecule has 3 amide bonds. The molecule has 0 aliphatic rings. The summed E-state index contributed by atoms with van der Waals surface area (Å²) in [4.78, 5) is 27.4. The van der Waals surface area contributed by atoms with Gasteiger partial charge in [0.2, 0.25) is 5.91 Å². The number of carbonyl (C=O) groups is 2. The maximum absolute atomic E-state index is 13.1. The molecular formula is C26H32BrN5O4. The zero-order valence-electron chi connectivity index (χ0n) is 21.2. The molecule has 0 spiro atoms. The van der Waals surface area contributed by atoms with Crippen LogP contribution in [-0.4, -0.2) is 60.5 Å². The molecule has 3 rings (SSSR count). The van der Waals surface area contributed by atoms with Crippen molar-refractivity contribution in [2.45, 2.75) is 26.2 Å². The third-order valence-electron chi connectivity index (χ3n) is 5.34. The fourth-order valence-corrected chi connectivity index (χ4v) is 3.57. The molecule has 0 saturated heterocycles. The summed E-state index contributed by atoms with van der Waals surface area (Å²) < 4.78 is 13.0. The highest BCUT2D eigenvalue weighted by Crippen LogP contribution is 2.27. The summed E-state index contributed by atoms with van der Waals surface area (Å²) in [5.41, 5.74) is 1.98. The standard InChI is InChI=1S/C26H32BrN5O4/c1-26(2,3)22-16-23(32(30-22)20-10-12-21(36-5)13-11-20)29-24(33)17-31(14-15-35-4)25(34)28-19-8-6-18(27)7-9-19/h6-13,16H,14-15,17H2,1-5H3,(H,28,34)(H,29,33). The zero-order chi connectivity index (χ0) is 26.3. The molecule has 0 unspecified atom stereocenters. The first-order valence-corrected chi connectivity index (χ1v) is 12.3. The van der Waals surface area contributed by atoms with Crippen LogP contribution in [0, 0.1) is 0 Å². The molecule has 9 nitrogen and oxygen atoms in total. The van der Waals surface area contributed by atoms with Crippen LogP contribution in [0.5, 0.6) is 5.75 Å². The van der Waals surface area contributed by atoms with E-state index in [-0.39, 0.29) is 24.4 Å². The summed E-state index contributed by atoms with van der Waals surface area (Å²) in [5, 5.41) is 10.5. The predicted octanol–water partition coefficient (Wildman–Crippen LogP) is 5.06. The molecule has 2 aromatic carbocycles. The lowest BCUT2D eigenvalue weighted by Crippen LogP contribution is -2.42. The summed E-state index contributed by atoms with van der Waals surface area (Å²) in [6.45, 7) is 6.54. The first-order chi connectivity index (χ1) is 17.1. The van der Waals surface area contributed by atoms with Crippen molar-refractivity contribution in [2.24, 2.45) is 0 Å². The Kier molecular flexibility index (Phi) is 9.11. The quantitative estimate of drug-likeness (QED) is 0.383. The fraction of sp³-hybridized carbons (Fsp3) is 0.346. The van der Waals surface area contributed by atoms with Crippen LogP contribution >= 0.6 is 15.9 Å². The Bertz CT molecular complexity index is 1170. The molecule has 2 N–H and O–H groups in total. The Labute approximate surface area is 219 Å². The van der Waals surface area contributed by atoms with Crippen molar-refractivity contribution in [1.82, 2.24) is 14.7 Å². The second-order valence-electron chi connectivity index (χ2n) is 9.17. The molecule has 0 bridgehead atoms. The van der Waals surface area contributed by atoms with Crippen molar-refractivity contribution in [3.05, 3.63) is 64.8 Å². The monoisotopic (exact) mass is 557 g/mol. The summed E-state index contributed by atoms with van der Waals surface area (Å²) in [6.07, 6.45) is 0. The van der Waals surface area contributed by atoms with Crippen LogP contribution in [0.4, 0.5) is 16.3 Å². The van der Waals surface area contributed by atoms with Gasteiger partial charge in [0.05, 0.1) is 25.1 Å². The van der Waals surface area contributed by atoms with Crippen LogP contribution in [0.15, 0.2) is 59.1 Å². The number of nitrogens with one attached hydrogen (secondary N) is 2. The number of anilines is 2. The van der Waals surface area contributed by atoms with Crippen LogP contribution in [0.25, 0.3) is 5.69 Å². The molecule has 1 heterocycles. The molecule has 192 valence electrons. The normalized spacial score (nSPS) is 11.2. The Hall–Kier alpha value is -3.37. The largest absolute Gasteiger partial charge is 0.497 e. The number of benzene rings is 2. The Morgan fingerprint density at radius 3 is 2.28 bits per heavy atom. The molecule has 10 heteroatoms. The van der Waals surface area contributed by atoms with E-state index in [1.807, 2.05) is 42.5 Å². The molecular weight excluding hydrogens is 526 g/mol. The lowest BCUT2D eigenvalue weighted by Gasteiger charge is -2.22. The third kappa shape index (κ3) is 7.32. The van der Waals surface area contributed by atoms with Crippen molar-refractivity contribution in [2.75, 3.05) is 44.5 Å². The van der Waals surface area contributed by atoms with Gasteiger partial charge in [-0.2, -0.15) is 5.10 Å². The summed E-state index contributed by atoms with van der Waals surface area (Å²) in [6, 6.07) is 16.1. The predicted molar refractivity (Wildman–Crippen MR) is 144 cm³/mol. The maximum atomic E-state index is 13.1. The van der Waals surface area contributed by atoms with E-state index in [4.69, 9.17) is 14.6 Å². The van der Waals surface area contributed by atoms with E-state index in [0.717, 1.165) is 21.6 Å². The lowest BCUT2D eigenvalue weighted by molar-refractivity contribution is -0.116.